The minimum Gasteiger partial charge on any atom is -0.406 e. The van der Waals surface area contributed by atoms with E-state index in [4.69, 9.17) is 4.42 Å². The fourth-order valence-electron chi connectivity index (χ4n) is 2.85. The summed E-state index contributed by atoms with van der Waals surface area (Å²) in [6, 6.07) is 11.4. The van der Waals surface area contributed by atoms with E-state index in [1.807, 2.05) is 6.92 Å². The summed E-state index contributed by atoms with van der Waals surface area (Å²) in [7, 11) is 0. The number of anilines is 1. The van der Waals surface area contributed by atoms with E-state index in [1.54, 1.807) is 0 Å². The minimum absolute atomic E-state index is 0.101. The molecule has 0 amide bonds. The Morgan fingerprint density at radius 1 is 1.33 bits per heavy atom. The van der Waals surface area contributed by atoms with Crippen LogP contribution in [0.5, 0.6) is 0 Å². The van der Waals surface area contributed by atoms with Gasteiger partial charge in [-0.05, 0) is 25.5 Å². The predicted molar refractivity (Wildman–Crippen MR) is 82.4 cm³/mol. The lowest BCUT2D eigenvalue weighted by Gasteiger charge is -2.13. The second-order valence-corrected chi connectivity index (χ2v) is 5.54. The highest BCUT2D eigenvalue weighted by atomic mass is 16.4. The maximum Gasteiger partial charge on any atom is 0.318 e. The number of rotatable bonds is 5. The second-order valence-electron chi connectivity index (χ2n) is 5.54. The highest BCUT2D eigenvalue weighted by Crippen LogP contribution is 2.30. The molecule has 0 saturated carbocycles. The van der Waals surface area contributed by atoms with E-state index in [0.29, 0.717) is 17.8 Å². The normalized spacial score (nSPS) is 19.9. The third-order valence-corrected chi connectivity index (χ3v) is 4.04. The summed E-state index contributed by atoms with van der Waals surface area (Å²) in [6.07, 6.45) is 1.13. The van der Waals surface area contributed by atoms with Gasteiger partial charge in [-0.25, -0.2) is 0 Å². The molecule has 1 fully saturated rings. The van der Waals surface area contributed by atoms with Crippen molar-refractivity contribution in [2.45, 2.75) is 32.2 Å². The summed E-state index contributed by atoms with van der Waals surface area (Å²) in [4.78, 5) is 2.19. The Balaban J connectivity index is 1.66. The quantitative estimate of drug-likeness (QED) is 0.916. The summed E-state index contributed by atoms with van der Waals surface area (Å²) in [5.41, 5.74) is 1.39. The van der Waals surface area contributed by atoms with Crippen molar-refractivity contribution in [3.63, 3.8) is 0 Å². The number of nitrogens with one attached hydrogen (secondary N) is 1. The average molecular weight is 286 g/mol. The van der Waals surface area contributed by atoms with Crippen LogP contribution in [0.1, 0.15) is 43.7 Å². The molecule has 1 saturated heterocycles. The predicted octanol–water partition coefficient (Wildman–Crippen LogP) is 2.73. The molecule has 112 valence electrons. The van der Waals surface area contributed by atoms with Crippen molar-refractivity contribution in [1.82, 2.24) is 15.5 Å². The van der Waals surface area contributed by atoms with Crippen molar-refractivity contribution < 1.29 is 4.42 Å². The zero-order valence-corrected chi connectivity index (χ0v) is 12.6. The average Bonchev–Trinajstić information content (AvgIpc) is 3.17. The zero-order chi connectivity index (χ0) is 14.7. The molecule has 1 aliphatic heterocycles. The molecule has 1 aromatic carbocycles. The van der Waals surface area contributed by atoms with Crippen LogP contribution in [0, 0.1) is 0 Å². The van der Waals surface area contributed by atoms with Crippen LogP contribution in [-0.4, -0.2) is 29.8 Å². The summed E-state index contributed by atoms with van der Waals surface area (Å²) in [6.45, 7) is 6.91. The van der Waals surface area contributed by atoms with Crippen molar-refractivity contribution in [2.75, 3.05) is 24.5 Å². The molecule has 2 aromatic rings. The van der Waals surface area contributed by atoms with E-state index < -0.39 is 0 Å². The van der Waals surface area contributed by atoms with Crippen LogP contribution in [0.4, 0.5) is 6.01 Å². The van der Waals surface area contributed by atoms with E-state index in [2.05, 4.69) is 57.7 Å². The third-order valence-electron chi connectivity index (χ3n) is 4.04. The lowest BCUT2D eigenvalue weighted by Crippen LogP contribution is -2.19. The molecule has 1 aromatic heterocycles. The molecular formula is C16H22N4O. The highest BCUT2D eigenvalue weighted by molar-refractivity contribution is 5.32. The van der Waals surface area contributed by atoms with Gasteiger partial charge < -0.3 is 14.6 Å². The van der Waals surface area contributed by atoms with Crippen molar-refractivity contribution in [3.8, 4) is 0 Å². The summed E-state index contributed by atoms with van der Waals surface area (Å²) in [5, 5.41) is 11.6. The number of aromatic nitrogens is 2. The third kappa shape index (κ3) is 3.08. The molecule has 5 heteroatoms. The maximum atomic E-state index is 5.81. The van der Waals surface area contributed by atoms with Gasteiger partial charge in [0.1, 0.15) is 0 Å². The monoisotopic (exact) mass is 286 g/mol. The maximum absolute atomic E-state index is 5.81. The lowest BCUT2D eigenvalue weighted by atomic mass is 9.99. The summed E-state index contributed by atoms with van der Waals surface area (Å²) < 4.78 is 5.81. The molecule has 0 bridgehead atoms. The van der Waals surface area contributed by atoms with Crippen molar-refractivity contribution in [2.24, 2.45) is 0 Å². The highest BCUT2D eigenvalue weighted by Gasteiger charge is 2.27. The number of hydrogen-bond donors (Lipinski definition) is 1. The molecule has 1 N–H and O–H groups in total. The molecule has 5 nitrogen and oxygen atoms in total. The van der Waals surface area contributed by atoms with Crippen LogP contribution < -0.4 is 10.2 Å². The first-order valence-corrected chi connectivity index (χ1v) is 7.64. The van der Waals surface area contributed by atoms with Gasteiger partial charge in [0.2, 0.25) is 5.89 Å². The molecule has 3 rings (SSSR count). The van der Waals surface area contributed by atoms with Gasteiger partial charge in [-0.15, -0.1) is 5.10 Å². The van der Waals surface area contributed by atoms with E-state index in [9.17, 15) is 0 Å². The molecule has 1 aliphatic rings. The van der Waals surface area contributed by atoms with Crippen molar-refractivity contribution >= 4 is 6.01 Å². The molecule has 0 aliphatic carbocycles. The minimum atomic E-state index is 0.101. The molecule has 0 radical (unpaired) electrons. The molecule has 2 heterocycles. The summed E-state index contributed by atoms with van der Waals surface area (Å²) >= 11 is 0. The first-order valence-electron chi connectivity index (χ1n) is 7.64. The molecule has 2 atom stereocenters. The van der Waals surface area contributed by atoms with Crippen molar-refractivity contribution in [3.05, 3.63) is 41.8 Å². The van der Waals surface area contributed by atoms with Gasteiger partial charge in [-0.1, -0.05) is 42.4 Å². The Kier molecular flexibility index (Phi) is 4.20. The van der Waals surface area contributed by atoms with Gasteiger partial charge in [0.05, 0.1) is 6.04 Å². The molecule has 0 spiro atoms. The Labute approximate surface area is 125 Å². The number of benzene rings is 1. The topological polar surface area (TPSA) is 54.2 Å². The van der Waals surface area contributed by atoms with E-state index in [-0.39, 0.29) is 6.04 Å². The lowest BCUT2D eigenvalue weighted by molar-refractivity contribution is 0.421. The first kappa shape index (κ1) is 14.1. The van der Waals surface area contributed by atoms with Gasteiger partial charge in [-0.3, -0.25) is 0 Å². The van der Waals surface area contributed by atoms with E-state index in [0.717, 1.165) is 26.1 Å². The Hall–Kier alpha value is -1.88. The van der Waals surface area contributed by atoms with E-state index in [1.165, 1.54) is 5.56 Å². The molecule has 21 heavy (non-hydrogen) atoms. The SMILES string of the molecule is CCNC(C)c1nnc(N2CCC(c3ccccc3)C2)o1. The number of nitrogens with zero attached hydrogens (tertiary/aromatic N) is 3. The standard InChI is InChI=1S/C16H22N4O/c1-3-17-12(2)15-18-19-16(21-15)20-10-9-14(11-20)13-7-5-4-6-8-13/h4-8,12,14,17H,3,9-11H2,1-2H3. The summed E-state index contributed by atoms with van der Waals surface area (Å²) in [5.74, 6) is 1.21. The zero-order valence-electron chi connectivity index (χ0n) is 12.6. The van der Waals surface area contributed by atoms with E-state index >= 15 is 0 Å². The van der Waals surface area contributed by atoms with Crippen LogP contribution in [0.25, 0.3) is 0 Å². The smallest absolute Gasteiger partial charge is 0.318 e. The van der Waals surface area contributed by atoms with Crippen LogP contribution in [0.15, 0.2) is 34.7 Å². The number of hydrogen-bond acceptors (Lipinski definition) is 5. The Morgan fingerprint density at radius 2 is 2.14 bits per heavy atom. The largest absolute Gasteiger partial charge is 0.406 e. The molecular weight excluding hydrogens is 264 g/mol. The van der Waals surface area contributed by atoms with Crippen LogP contribution >= 0.6 is 0 Å². The van der Waals surface area contributed by atoms with Gasteiger partial charge in [0.25, 0.3) is 0 Å². The van der Waals surface area contributed by atoms with Crippen LogP contribution in [0.3, 0.4) is 0 Å². The van der Waals surface area contributed by atoms with Gasteiger partial charge in [0, 0.05) is 19.0 Å². The second kappa shape index (κ2) is 6.26. The van der Waals surface area contributed by atoms with Crippen LogP contribution in [-0.2, 0) is 0 Å². The molecule has 2 unspecified atom stereocenters. The fourth-order valence-corrected chi connectivity index (χ4v) is 2.85. The Morgan fingerprint density at radius 3 is 2.90 bits per heavy atom. The fraction of sp³-hybridized carbons (Fsp3) is 0.500. The van der Waals surface area contributed by atoms with Gasteiger partial charge in [0.15, 0.2) is 0 Å². The van der Waals surface area contributed by atoms with Crippen molar-refractivity contribution in [1.29, 1.82) is 0 Å². The van der Waals surface area contributed by atoms with Gasteiger partial charge in [-0.2, -0.15) is 0 Å². The van der Waals surface area contributed by atoms with Gasteiger partial charge >= 0.3 is 6.01 Å². The Bertz CT molecular complexity index is 569. The van der Waals surface area contributed by atoms with Crippen LogP contribution in [0.2, 0.25) is 0 Å². The first-order chi connectivity index (χ1) is 10.3.